The van der Waals surface area contributed by atoms with Gasteiger partial charge in [-0.15, -0.1) is 0 Å². The van der Waals surface area contributed by atoms with E-state index in [1.807, 2.05) is 43.5 Å². The van der Waals surface area contributed by atoms with E-state index in [-0.39, 0.29) is 0 Å². The maximum Gasteiger partial charge on any atom is 0.179 e. The summed E-state index contributed by atoms with van der Waals surface area (Å²) < 4.78 is 7.84. The first-order valence-electron chi connectivity index (χ1n) is 13.1. The van der Waals surface area contributed by atoms with Crippen molar-refractivity contribution >= 4 is 23.5 Å². The maximum absolute atomic E-state index is 6.13. The highest BCUT2D eigenvalue weighted by Gasteiger charge is 2.30. The number of aliphatic imine (C=N–C) groups is 2. The van der Waals surface area contributed by atoms with E-state index in [1.165, 1.54) is 24.7 Å². The Balaban J connectivity index is 1.19. The number of hydrazine groups is 1. The molecule has 5 heterocycles. The molecule has 0 unspecified atom stereocenters. The Morgan fingerprint density at radius 3 is 2.89 bits per heavy atom. The number of amidine groups is 1. The molecule has 3 aromatic rings. The molecule has 1 saturated heterocycles. The van der Waals surface area contributed by atoms with E-state index in [1.54, 1.807) is 10.9 Å². The molecule has 0 radical (unpaired) electrons. The molecule has 0 amide bonds. The molecule has 3 aliphatic rings. The molecule has 10 nitrogen and oxygen atoms in total. The predicted octanol–water partition coefficient (Wildman–Crippen LogP) is 3.44. The first-order valence-corrected chi connectivity index (χ1v) is 13.1. The zero-order chi connectivity index (χ0) is 25.2. The van der Waals surface area contributed by atoms with E-state index in [2.05, 4.69) is 42.7 Å². The fourth-order valence-electron chi connectivity index (χ4n) is 5.31. The smallest absolute Gasteiger partial charge is 0.179 e. The van der Waals surface area contributed by atoms with E-state index in [0.717, 1.165) is 79.1 Å². The van der Waals surface area contributed by atoms with Gasteiger partial charge in [-0.2, -0.15) is 5.10 Å². The number of nitrogens with zero attached hydrogens (tertiary/aromatic N) is 7. The largest absolute Gasteiger partial charge is 0.457 e. The van der Waals surface area contributed by atoms with Crippen LogP contribution in [-0.4, -0.2) is 75.4 Å². The van der Waals surface area contributed by atoms with Gasteiger partial charge in [-0.25, -0.2) is 19.5 Å². The van der Waals surface area contributed by atoms with Gasteiger partial charge in [-0.1, -0.05) is 6.92 Å². The van der Waals surface area contributed by atoms with Gasteiger partial charge < -0.3 is 10.1 Å². The lowest BCUT2D eigenvalue weighted by Gasteiger charge is -2.33. The second-order valence-electron chi connectivity index (χ2n) is 9.76. The van der Waals surface area contributed by atoms with Gasteiger partial charge in [-0.05, 0) is 81.2 Å². The topological polar surface area (TPSA) is 94.7 Å². The van der Waals surface area contributed by atoms with E-state index >= 15 is 0 Å². The summed E-state index contributed by atoms with van der Waals surface area (Å²) in [5.41, 5.74) is 8.42. The zero-order valence-electron chi connectivity index (χ0n) is 21.4. The Morgan fingerprint density at radius 2 is 2.05 bits per heavy atom. The van der Waals surface area contributed by atoms with Crippen LogP contribution in [0.25, 0.3) is 5.65 Å². The van der Waals surface area contributed by atoms with Gasteiger partial charge >= 0.3 is 0 Å². The number of rotatable bonds is 7. The van der Waals surface area contributed by atoms with Crippen LogP contribution in [-0.2, 0) is 0 Å². The average molecular weight is 500 g/mol. The average Bonchev–Trinajstić information content (AvgIpc) is 3.54. The molecule has 0 saturated carbocycles. The minimum atomic E-state index is 0.651. The van der Waals surface area contributed by atoms with E-state index in [0.29, 0.717) is 6.04 Å². The van der Waals surface area contributed by atoms with Gasteiger partial charge in [0.05, 0.1) is 5.69 Å². The number of hydrogen-bond acceptors (Lipinski definition) is 8. The number of pyridine rings is 1. The monoisotopic (exact) mass is 499 g/mol. The molecule has 0 spiro atoms. The number of nitrogens with one attached hydrogen (secondary N) is 2. The van der Waals surface area contributed by atoms with Crippen LogP contribution in [0.4, 0.5) is 5.69 Å². The summed E-state index contributed by atoms with van der Waals surface area (Å²) in [7, 11) is 0. The third-order valence-corrected chi connectivity index (χ3v) is 7.22. The second kappa shape index (κ2) is 10.3. The van der Waals surface area contributed by atoms with Gasteiger partial charge in [0.25, 0.3) is 0 Å². The predicted molar refractivity (Wildman–Crippen MR) is 144 cm³/mol. The Labute approximate surface area is 216 Å². The number of likely N-dealkylation sites (tertiary alicyclic amines) is 1. The van der Waals surface area contributed by atoms with Gasteiger partial charge in [-0.3, -0.25) is 15.3 Å². The lowest BCUT2D eigenvalue weighted by molar-refractivity contribution is 0.212. The Hall–Kier alpha value is -3.76. The standard InChI is InChI=1S/C27H33N9O/c1-3-28-21-7-10-34(11-8-21)16-20-6-12-36-26(20)27(30-18-32-36)33-22-4-5-24(19(2)14-22)37-23-9-13-35-25(15-23)29-17-31-35/h4-5,9,13-15,17-18,21,28H,3,6-8,10-12,16H2,1-2H3,(H,30,32,33). The van der Waals surface area contributed by atoms with Crippen molar-refractivity contribution in [2.75, 3.05) is 32.7 Å². The summed E-state index contributed by atoms with van der Waals surface area (Å²) in [6, 6.07) is 10.4. The molecular weight excluding hydrogens is 466 g/mol. The van der Waals surface area contributed by atoms with Crippen molar-refractivity contribution in [3.8, 4) is 11.5 Å². The summed E-state index contributed by atoms with van der Waals surface area (Å²) >= 11 is 0. The number of piperidine rings is 1. The van der Waals surface area contributed by atoms with Gasteiger partial charge in [0.15, 0.2) is 11.5 Å². The van der Waals surface area contributed by atoms with Crippen molar-refractivity contribution in [1.29, 1.82) is 0 Å². The highest BCUT2D eigenvalue weighted by Crippen LogP contribution is 2.31. The van der Waals surface area contributed by atoms with Gasteiger partial charge in [0.2, 0.25) is 0 Å². The molecule has 1 aromatic carbocycles. The van der Waals surface area contributed by atoms with E-state index in [9.17, 15) is 0 Å². The third kappa shape index (κ3) is 5.07. The highest BCUT2D eigenvalue weighted by molar-refractivity contribution is 6.05. The lowest BCUT2D eigenvalue weighted by Crippen LogP contribution is -2.43. The van der Waals surface area contributed by atoms with Crippen LogP contribution in [0.2, 0.25) is 0 Å². The Kier molecular flexibility index (Phi) is 6.58. The number of aryl methyl sites for hydroxylation is 1. The summed E-state index contributed by atoms with van der Waals surface area (Å²) in [5, 5.41) is 9.90. The molecule has 37 heavy (non-hydrogen) atoms. The van der Waals surface area contributed by atoms with Crippen LogP contribution < -0.4 is 15.5 Å². The van der Waals surface area contributed by atoms with Crippen LogP contribution in [0.1, 0.15) is 31.7 Å². The number of ether oxygens (including phenoxy) is 1. The van der Waals surface area contributed by atoms with Crippen LogP contribution >= 0.6 is 0 Å². The van der Waals surface area contributed by atoms with Crippen molar-refractivity contribution in [3.05, 3.63) is 59.7 Å². The molecule has 2 aromatic heterocycles. The SMILES string of the molecule is CCNC1CCN(CC2=C3C(=Nc4ccc(Oc5ccn6ncnc6c5)c(C)c4)N=CNN3CC2)CC1. The molecule has 3 aliphatic heterocycles. The molecule has 10 heteroatoms. The van der Waals surface area contributed by atoms with Crippen molar-refractivity contribution in [2.24, 2.45) is 9.98 Å². The fourth-order valence-corrected chi connectivity index (χ4v) is 5.31. The number of fused-ring (bicyclic) bond motifs is 2. The molecule has 2 N–H and O–H groups in total. The summed E-state index contributed by atoms with van der Waals surface area (Å²) in [5.74, 6) is 2.26. The van der Waals surface area contributed by atoms with Crippen LogP contribution in [0, 0.1) is 6.92 Å². The van der Waals surface area contributed by atoms with Gasteiger partial charge in [0, 0.05) is 31.4 Å². The number of hydrogen-bond donors (Lipinski definition) is 2. The van der Waals surface area contributed by atoms with Crippen molar-refractivity contribution in [1.82, 2.24) is 35.2 Å². The maximum atomic E-state index is 6.13. The number of aromatic nitrogens is 3. The molecule has 192 valence electrons. The first-order chi connectivity index (χ1) is 18.2. The van der Waals surface area contributed by atoms with E-state index < -0.39 is 0 Å². The summed E-state index contributed by atoms with van der Waals surface area (Å²) in [6.07, 6.45) is 8.54. The molecular formula is C27H33N9O. The lowest BCUT2D eigenvalue weighted by atomic mass is 10.0. The van der Waals surface area contributed by atoms with Crippen molar-refractivity contribution in [3.63, 3.8) is 0 Å². The zero-order valence-corrected chi connectivity index (χ0v) is 21.4. The van der Waals surface area contributed by atoms with Crippen molar-refractivity contribution in [2.45, 2.75) is 39.2 Å². The first kappa shape index (κ1) is 23.6. The number of benzene rings is 1. The molecule has 1 fully saturated rings. The Morgan fingerprint density at radius 1 is 1.16 bits per heavy atom. The minimum Gasteiger partial charge on any atom is -0.457 e. The normalized spacial score (nSPS) is 19.6. The molecule has 0 atom stereocenters. The quantitative estimate of drug-likeness (QED) is 0.514. The van der Waals surface area contributed by atoms with Crippen molar-refractivity contribution < 1.29 is 4.74 Å². The Bertz CT molecular complexity index is 1370. The fraction of sp³-hybridized carbons (Fsp3) is 0.407. The molecule has 0 bridgehead atoms. The second-order valence-corrected chi connectivity index (χ2v) is 9.76. The van der Waals surface area contributed by atoms with E-state index in [4.69, 9.17) is 9.73 Å². The van der Waals surface area contributed by atoms with Crippen LogP contribution in [0.15, 0.2) is 64.1 Å². The molecule has 6 rings (SSSR count). The molecule has 0 aliphatic carbocycles. The third-order valence-electron chi connectivity index (χ3n) is 7.22. The highest BCUT2D eigenvalue weighted by atomic mass is 16.5. The van der Waals surface area contributed by atoms with Crippen LogP contribution in [0.3, 0.4) is 0 Å². The minimum absolute atomic E-state index is 0.651. The summed E-state index contributed by atoms with van der Waals surface area (Å²) in [6.45, 7) is 9.43. The van der Waals surface area contributed by atoms with Crippen LogP contribution in [0.5, 0.6) is 11.5 Å². The summed E-state index contributed by atoms with van der Waals surface area (Å²) in [4.78, 5) is 16.4. The van der Waals surface area contributed by atoms with Gasteiger partial charge in [0.1, 0.15) is 29.9 Å².